The van der Waals surface area contributed by atoms with Gasteiger partial charge in [0, 0.05) is 38.2 Å². The van der Waals surface area contributed by atoms with Crippen molar-refractivity contribution in [3.63, 3.8) is 0 Å². The Bertz CT molecular complexity index is 909. The molecule has 0 amide bonds. The van der Waals surface area contributed by atoms with Gasteiger partial charge in [-0.2, -0.15) is 18.2 Å². The second kappa shape index (κ2) is 17.6. The Morgan fingerprint density at radius 3 is 1.21 bits per heavy atom. The van der Waals surface area contributed by atoms with Gasteiger partial charge in [-0.25, -0.2) is 12.1 Å². The van der Waals surface area contributed by atoms with Crippen LogP contribution in [0, 0.1) is 6.65 Å². The molecule has 4 rings (SSSR count). The van der Waals surface area contributed by atoms with Gasteiger partial charge in [-0.15, -0.1) is 0 Å². The van der Waals surface area contributed by atoms with Crippen molar-refractivity contribution in [1.82, 2.24) is 9.80 Å². The monoisotopic (exact) mass is 634 g/mol. The summed E-state index contributed by atoms with van der Waals surface area (Å²) in [5, 5.41) is 0.724. The summed E-state index contributed by atoms with van der Waals surface area (Å²) in [7, 11) is -0.240. The van der Waals surface area contributed by atoms with Crippen LogP contribution >= 0.6 is 15.8 Å². The third-order valence-corrected chi connectivity index (χ3v) is 13.2. The molecular weight excluding hydrogens is 586 g/mol. The molecule has 1 aliphatic heterocycles. The van der Waals surface area contributed by atoms with E-state index in [2.05, 4.69) is 119 Å². The van der Waals surface area contributed by atoms with Crippen LogP contribution in [0.5, 0.6) is 0 Å². The van der Waals surface area contributed by atoms with Gasteiger partial charge in [0.25, 0.3) is 0 Å². The predicted molar refractivity (Wildman–Crippen MR) is 164 cm³/mol. The van der Waals surface area contributed by atoms with Gasteiger partial charge in [0.15, 0.2) is 0 Å². The zero-order chi connectivity index (χ0) is 27.3. The standard InChI is InChI=1S/C26H40N2P2.C5H5.CO.Mo.H/c1-25(2,3)29-19-27(17-23-13-9-7-10-14-23)21-30(26(4,5)6)22-28(20-29)18-24-15-11-8-12-16-24;1-2-4-5-3-1;1-2;;/h7-16H,17-22H2,1-6H3;1-5H;;;/q;-1;;+2;-1. The fourth-order valence-corrected chi connectivity index (χ4v) is 9.12. The SMILES string of the molecule is CC(C)(C)P1CN(Cc2ccccc2)CP(C(C)(C)C)CN(Cc2ccccc2)C1.[C-]#[O+].[H-].[Mo+2].c1cc[cH-]c1. The third kappa shape index (κ3) is 12.9. The minimum Gasteiger partial charge on any atom is -1.00 e. The first-order chi connectivity index (χ1) is 17.6. The molecule has 0 aromatic heterocycles. The van der Waals surface area contributed by atoms with Gasteiger partial charge in [0.05, 0.1) is 0 Å². The van der Waals surface area contributed by atoms with Crippen molar-refractivity contribution in [3.8, 4) is 0 Å². The van der Waals surface area contributed by atoms with Crippen LogP contribution in [-0.2, 0) is 38.8 Å². The molecule has 0 radical (unpaired) electrons. The maximum atomic E-state index is 7.50. The summed E-state index contributed by atoms with van der Waals surface area (Å²) >= 11 is 0. The van der Waals surface area contributed by atoms with Crippen molar-refractivity contribution in [1.29, 1.82) is 0 Å². The summed E-state index contributed by atoms with van der Waals surface area (Å²) < 4.78 is 7.50. The summed E-state index contributed by atoms with van der Waals surface area (Å²) in [5.74, 6) is 0. The van der Waals surface area contributed by atoms with Crippen molar-refractivity contribution >= 4 is 15.8 Å². The molecular formula is C32H46MoN2OP2. The fraction of sp³-hybridized carbons (Fsp3) is 0.438. The fourth-order valence-electron chi connectivity index (χ4n) is 4.20. The van der Waals surface area contributed by atoms with E-state index in [1.54, 1.807) is 0 Å². The summed E-state index contributed by atoms with van der Waals surface area (Å²) in [6.45, 7) is 21.4. The van der Waals surface area contributed by atoms with E-state index in [1.165, 1.54) is 36.3 Å². The number of benzene rings is 2. The van der Waals surface area contributed by atoms with Crippen molar-refractivity contribution in [2.75, 3.05) is 25.1 Å². The first-order valence-corrected chi connectivity index (χ1v) is 16.4. The average molecular weight is 633 g/mol. The van der Waals surface area contributed by atoms with E-state index in [9.17, 15) is 0 Å². The van der Waals surface area contributed by atoms with Crippen LogP contribution in [0.3, 0.4) is 0 Å². The molecule has 206 valence electrons. The van der Waals surface area contributed by atoms with E-state index < -0.39 is 0 Å². The zero-order valence-electron chi connectivity index (χ0n) is 25.0. The molecule has 0 spiro atoms. The Hall–Kier alpha value is -1.00. The molecule has 0 aliphatic carbocycles. The van der Waals surface area contributed by atoms with Crippen molar-refractivity contribution in [2.24, 2.45) is 0 Å². The first kappa shape index (κ1) is 35.0. The maximum Gasteiger partial charge on any atom is 2.00 e. The summed E-state index contributed by atoms with van der Waals surface area (Å²) in [5.41, 5.74) is 2.90. The minimum atomic E-state index is -0.120. The van der Waals surface area contributed by atoms with Crippen LogP contribution in [0.1, 0.15) is 54.1 Å². The Kier molecular flexibility index (Phi) is 16.3. The van der Waals surface area contributed by atoms with Gasteiger partial charge in [-0.3, -0.25) is 9.80 Å². The maximum absolute atomic E-state index is 7.50. The number of rotatable bonds is 4. The molecule has 38 heavy (non-hydrogen) atoms. The topological polar surface area (TPSA) is 26.4 Å². The van der Waals surface area contributed by atoms with Crippen molar-refractivity contribution in [3.05, 3.63) is 109 Å². The van der Waals surface area contributed by atoms with Crippen molar-refractivity contribution < 1.29 is 27.1 Å². The quantitative estimate of drug-likeness (QED) is 0.124. The summed E-state index contributed by atoms with van der Waals surface area (Å²) in [6.07, 6.45) is 4.98. The molecule has 3 aromatic carbocycles. The van der Waals surface area contributed by atoms with E-state index in [0.29, 0.717) is 10.3 Å². The molecule has 1 fully saturated rings. The third-order valence-electron chi connectivity index (χ3n) is 6.43. The van der Waals surface area contributed by atoms with Crippen LogP contribution in [0.25, 0.3) is 0 Å². The summed E-state index contributed by atoms with van der Waals surface area (Å²) in [6, 6.07) is 32.1. The van der Waals surface area contributed by atoms with Crippen LogP contribution < -0.4 is 0 Å². The van der Waals surface area contributed by atoms with E-state index >= 15 is 0 Å². The van der Waals surface area contributed by atoms with Crippen molar-refractivity contribution in [2.45, 2.75) is 64.9 Å². The van der Waals surface area contributed by atoms with E-state index in [4.69, 9.17) is 4.65 Å². The van der Waals surface area contributed by atoms with Crippen LogP contribution in [0.4, 0.5) is 0 Å². The van der Waals surface area contributed by atoms with Crippen LogP contribution in [0.15, 0.2) is 91.0 Å². The largest absolute Gasteiger partial charge is 2.00 e. The van der Waals surface area contributed by atoms with Gasteiger partial charge in [-0.1, -0.05) is 118 Å². The molecule has 3 nitrogen and oxygen atoms in total. The van der Waals surface area contributed by atoms with E-state index in [1.807, 2.05) is 30.3 Å². The van der Waals surface area contributed by atoms with Gasteiger partial charge in [-0.05, 0) is 21.4 Å². The molecule has 1 heterocycles. The van der Waals surface area contributed by atoms with E-state index in [0.717, 1.165) is 13.1 Å². The Morgan fingerprint density at radius 2 is 0.974 bits per heavy atom. The first-order valence-electron chi connectivity index (χ1n) is 13.0. The zero-order valence-corrected chi connectivity index (χ0v) is 27.8. The predicted octanol–water partition coefficient (Wildman–Crippen LogP) is 8.87. The second-order valence-electron chi connectivity index (χ2n) is 11.6. The molecule has 0 saturated carbocycles. The molecule has 6 heteroatoms. The molecule has 1 saturated heterocycles. The molecule has 3 aromatic rings. The normalized spacial score (nSPS) is 18.8. The second-order valence-corrected chi connectivity index (χ2v) is 17.6. The Balaban J connectivity index is 0.00000142. The molecule has 0 N–H and O–H groups in total. The van der Waals surface area contributed by atoms with Gasteiger partial charge >= 0.3 is 32.4 Å². The van der Waals surface area contributed by atoms with Gasteiger partial charge in [0.2, 0.25) is 0 Å². The average Bonchev–Trinajstić information content (AvgIpc) is 3.43. The van der Waals surface area contributed by atoms with E-state index in [-0.39, 0.29) is 38.3 Å². The number of nitrogens with zero attached hydrogens (tertiary/aromatic N) is 2. The smallest absolute Gasteiger partial charge is 1.00 e. The van der Waals surface area contributed by atoms with Crippen LogP contribution in [-0.4, -0.2) is 45.3 Å². The Labute approximate surface area is 250 Å². The van der Waals surface area contributed by atoms with Gasteiger partial charge in [0.1, 0.15) is 0 Å². The van der Waals surface area contributed by atoms with Crippen LogP contribution in [0.2, 0.25) is 0 Å². The summed E-state index contributed by atoms with van der Waals surface area (Å²) in [4.78, 5) is 5.59. The Morgan fingerprint density at radius 1 is 0.658 bits per heavy atom. The minimum absolute atomic E-state index is 0. The molecule has 1 aliphatic rings. The van der Waals surface area contributed by atoms with Gasteiger partial charge < -0.3 is 1.43 Å². The molecule has 0 unspecified atom stereocenters. The number of hydrogen-bond donors (Lipinski definition) is 0. The number of hydrogen-bond acceptors (Lipinski definition) is 2. The molecule has 0 bridgehead atoms. The molecule has 0 atom stereocenters.